The minimum atomic E-state index is -0.669. The number of amides is 1. The third-order valence-electron chi connectivity index (χ3n) is 6.38. The van der Waals surface area contributed by atoms with Gasteiger partial charge in [-0.25, -0.2) is 0 Å². The molecule has 1 aromatic carbocycles. The van der Waals surface area contributed by atoms with Crippen LogP contribution in [0.1, 0.15) is 26.3 Å². The van der Waals surface area contributed by atoms with Crippen molar-refractivity contribution in [3.63, 3.8) is 0 Å². The van der Waals surface area contributed by atoms with Crippen LogP contribution in [0.3, 0.4) is 0 Å². The van der Waals surface area contributed by atoms with Crippen LogP contribution in [0.2, 0.25) is 0 Å². The molecule has 4 aliphatic heterocycles. The van der Waals surface area contributed by atoms with E-state index in [1.54, 1.807) is 0 Å². The molecule has 1 saturated heterocycles. The van der Waals surface area contributed by atoms with Gasteiger partial charge in [0.25, 0.3) is 5.91 Å². The number of hydrogen-bond acceptors (Lipinski definition) is 7. The summed E-state index contributed by atoms with van der Waals surface area (Å²) in [5, 5.41) is 0. The number of aliphatic imine (C=N–C) groups is 1. The minimum Gasteiger partial charge on any atom is -0.471 e. The molecule has 0 spiro atoms. The highest BCUT2D eigenvalue weighted by atomic mass is 16.5. The standard InChI is InChI=1S/C22H27N5O2.C2H6.CH5N/c1-22(21(28)26-10-8-24(2)9-11-26)14-23-20-7-5-17(13-27(20)22)16-4-6-19-18(12-16)25(3)15-29-19;2*1-2/h4-7,12-13H,8-11,14-15H2,1-3H3;1-2H3;2H2,1H3. The summed E-state index contributed by atoms with van der Waals surface area (Å²) in [5.41, 5.74) is 7.11. The van der Waals surface area contributed by atoms with E-state index in [4.69, 9.17) is 4.74 Å². The first-order valence-electron chi connectivity index (χ1n) is 11.7. The van der Waals surface area contributed by atoms with Crippen molar-refractivity contribution in [3.05, 3.63) is 42.1 Å². The van der Waals surface area contributed by atoms with Gasteiger partial charge in [-0.05, 0) is 56.4 Å². The molecule has 1 unspecified atom stereocenters. The third kappa shape index (κ3) is 4.63. The molecule has 180 valence electrons. The van der Waals surface area contributed by atoms with E-state index in [-0.39, 0.29) is 5.91 Å². The van der Waals surface area contributed by atoms with Gasteiger partial charge in [-0.3, -0.25) is 9.79 Å². The Bertz CT molecular complexity index is 948. The molecule has 8 nitrogen and oxygen atoms in total. The number of ether oxygens (including phenoxy) is 1. The van der Waals surface area contributed by atoms with E-state index in [1.807, 2.05) is 44.9 Å². The Kier molecular flexibility index (Phi) is 7.81. The van der Waals surface area contributed by atoms with Gasteiger partial charge in [-0.1, -0.05) is 19.9 Å². The van der Waals surface area contributed by atoms with Gasteiger partial charge in [0.1, 0.15) is 17.1 Å². The summed E-state index contributed by atoms with van der Waals surface area (Å²) in [7, 11) is 5.63. The number of carbonyl (C=O) groups is 1. The number of allylic oxidation sites excluding steroid dienone is 2. The minimum absolute atomic E-state index is 0.164. The average Bonchev–Trinajstić information content (AvgIpc) is 3.41. The van der Waals surface area contributed by atoms with Crippen molar-refractivity contribution >= 4 is 23.0 Å². The molecule has 4 aliphatic rings. The zero-order valence-corrected chi connectivity index (χ0v) is 20.8. The number of fused-ring (bicyclic) bond motifs is 2. The van der Waals surface area contributed by atoms with E-state index in [1.165, 1.54) is 7.05 Å². The number of anilines is 1. The van der Waals surface area contributed by atoms with Gasteiger partial charge in [-0.15, -0.1) is 0 Å². The molecule has 0 aliphatic carbocycles. The molecule has 4 heterocycles. The second-order valence-corrected chi connectivity index (χ2v) is 8.49. The number of amidine groups is 1. The van der Waals surface area contributed by atoms with Crippen LogP contribution in [0.15, 0.2) is 41.5 Å². The van der Waals surface area contributed by atoms with Gasteiger partial charge in [0, 0.05) is 39.4 Å². The lowest BCUT2D eigenvalue weighted by Crippen LogP contribution is -2.60. The summed E-state index contributed by atoms with van der Waals surface area (Å²) in [6.07, 6.45) is 6.18. The number of nitrogens with two attached hydrogens (primary N) is 1. The van der Waals surface area contributed by atoms with Gasteiger partial charge in [-0.2, -0.15) is 0 Å². The van der Waals surface area contributed by atoms with Gasteiger partial charge in [0.15, 0.2) is 6.73 Å². The molecule has 33 heavy (non-hydrogen) atoms. The quantitative estimate of drug-likeness (QED) is 0.739. The first-order valence-corrected chi connectivity index (χ1v) is 11.7. The van der Waals surface area contributed by atoms with Gasteiger partial charge >= 0.3 is 0 Å². The Morgan fingerprint density at radius 1 is 1.09 bits per heavy atom. The van der Waals surface area contributed by atoms with Crippen molar-refractivity contribution in [3.8, 4) is 5.75 Å². The summed E-state index contributed by atoms with van der Waals surface area (Å²) in [6.45, 7) is 10.5. The van der Waals surface area contributed by atoms with Crippen molar-refractivity contribution in [2.45, 2.75) is 26.3 Å². The summed E-state index contributed by atoms with van der Waals surface area (Å²) in [5.74, 6) is 1.94. The number of likely N-dealkylation sites (N-methyl/N-ethyl adjacent to an activating group) is 1. The Hall–Kier alpha value is -2.84. The molecule has 0 radical (unpaired) electrons. The topological polar surface area (TPSA) is 77.6 Å². The van der Waals surface area contributed by atoms with E-state index in [0.717, 1.165) is 54.6 Å². The maximum absolute atomic E-state index is 13.4. The largest absolute Gasteiger partial charge is 0.471 e. The number of benzene rings is 1. The molecule has 0 bridgehead atoms. The highest BCUT2D eigenvalue weighted by Crippen LogP contribution is 2.37. The maximum Gasteiger partial charge on any atom is 0.250 e. The van der Waals surface area contributed by atoms with Crippen LogP contribution in [0.25, 0.3) is 5.57 Å². The molecule has 8 heteroatoms. The molecule has 0 aromatic heterocycles. The second kappa shape index (κ2) is 10.4. The first kappa shape index (κ1) is 24.8. The van der Waals surface area contributed by atoms with Gasteiger partial charge < -0.3 is 30.1 Å². The molecular weight excluding hydrogens is 416 g/mol. The fourth-order valence-corrected chi connectivity index (χ4v) is 4.37. The molecule has 1 amide bonds. The van der Waals surface area contributed by atoms with Crippen molar-refractivity contribution in [1.29, 1.82) is 0 Å². The zero-order chi connectivity index (χ0) is 24.2. The van der Waals surface area contributed by atoms with E-state index in [2.05, 4.69) is 56.9 Å². The van der Waals surface area contributed by atoms with E-state index < -0.39 is 5.54 Å². The Labute approximate surface area is 198 Å². The number of piperazine rings is 1. The number of carbonyl (C=O) groups excluding carboxylic acids is 1. The van der Waals surface area contributed by atoms with Crippen molar-refractivity contribution in [1.82, 2.24) is 14.7 Å². The van der Waals surface area contributed by atoms with Crippen LogP contribution in [-0.4, -0.2) is 92.6 Å². The Morgan fingerprint density at radius 2 is 1.79 bits per heavy atom. The van der Waals surface area contributed by atoms with Gasteiger partial charge in [0.2, 0.25) is 0 Å². The lowest BCUT2D eigenvalue weighted by atomic mass is 9.96. The summed E-state index contributed by atoms with van der Waals surface area (Å²) in [4.78, 5) is 26.5. The lowest BCUT2D eigenvalue weighted by molar-refractivity contribution is -0.140. The predicted molar refractivity (Wildman–Crippen MR) is 136 cm³/mol. The smallest absolute Gasteiger partial charge is 0.250 e. The number of nitrogens with zero attached hydrogens (tertiary/aromatic N) is 5. The lowest BCUT2D eigenvalue weighted by Gasteiger charge is -2.41. The van der Waals surface area contributed by atoms with E-state index in [0.29, 0.717) is 13.3 Å². The SMILES string of the molecule is CC.CN.CN1CCN(C(=O)C2(C)CN=C3C=CC(c4ccc5c(c4)N(C)CO5)=CN32)CC1. The van der Waals surface area contributed by atoms with Crippen molar-refractivity contribution in [2.75, 3.05) is 65.5 Å². The molecule has 1 aromatic rings. The van der Waals surface area contributed by atoms with Crippen LogP contribution in [0.5, 0.6) is 5.75 Å². The highest BCUT2D eigenvalue weighted by molar-refractivity contribution is 6.05. The monoisotopic (exact) mass is 454 g/mol. The number of rotatable bonds is 2. The average molecular weight is 455 g/mol. The van der Waals surface area contributed by atoms with E-state index in [9.17, 15) is 4.79 Å². The fourth-order valence-electron chi connectivity index (χ4n) is 4.37. The molecule has 1 fully saturated rings. The molecule has 1 atom stereocenters. The summed E-state index contributed by atoms with van der Waals surface area (Å²) < 4.78 is 5.67. The summed E-state index contributed by atoms with van der Waals surface area (Å²) in [6, 6.07) is 6.24. The Morgan fingerprint density at radius 3 is 2.48 bits per heavy atom. The Balaban J connectivity index is 0.000000728. The number of hydrogen-bond donors (Lipinski definition) is 1. The van der Waals surface area contributed by atoms with Gasteiger partial charge in [0.05, 0.1) is 12.2 Å². The third-order valence-corrected chi connectivity index (χ3v) is 6.38. The summed E-state index contributed by atoms with van der Waals surface area (Å²) >= 11 is 0. The molecule has 0 saturated carbocycles. The van der Waals surface area contributed by atoms with Crippen LogP contribution in [-0.2, 0) is 4.79 Å². The van der Waals surface area contributed by atoms with Crippen molar-refractivity contribution < 1.29 is 9.53 Å². The van der Waals surface area contributed by atoms with Crippen LogP contribution >= 0.6 is 0 Å². The first-order chi connectivity index (χ1) is 16.0. The zero-order valence-electron chi connectivity index (χ0n) is 20.8. The normalized spacial score (nSPS) is 23.3. The van der Waals surface area contributed by atoms with Crippen molar-refractivity contribution in [2.24, 2.45) is 10.7 Å². The predicted octanol–water partition coefficient (Wildman–Crippen LogP) is 2.23. The highest BCUT2D eigenvalue weighted by Gasteiger charge is 2.47. The molecular formula is C25H38N6O2. The van der Waals surface area contributed by atoms with E-state index >= 15 is 0 Å². The maximum atomic E-state index is 13.4. The molecule has 5 rings (SSSR count). The van der Waals surface area contributed by atoms with Crippen LogP contribution in [0, 0.1) is 0 Å². The fraction of sp³-hybridized carbons (Fsp3) is 0.520. The van der Waals surface area contributed by atoms with Crippen LogP contribution in [0.4, 0.5) is 5.69 Å². The second-order valence-electron chi connectivity index (χ2n) is 8.49. The van der Waals surface area contributed by atoms with Crippen LogP contribution < -0.4 is 15.4 Å². The molecule has 2 N–H and O–H groups in total.